The number of amides is 1. The van der Waals surface area contributed by atoms with Gasteiger partial charge in [0.05, 0.1) is 18.2 Å². The molecule has 7 heteroatoms. The van der Waals surface area contributed by atoms with Gasteiger partial charge in [0.2, 0.25) is 5.91 Å². The van der Waals surface area contributed by atoms with Crippen molar-refractivity contribution in [3.8, 4) is 5.75 Å². The lowest BCUT2D eigenvalue weighted by molar-refractivity contribution is -0.130. The van der Waals surface area contributed by atoms with E-state index in [1.807, 2.05) is 35.2 Å². The Morgan fingerprint density at radius 1 is 1.19 bits per heavy atom. The second kappa shape index (κ2) is 7.52. The summed E-state index contributed by atoms with van der Waals surface area (Å²) in [5.41, 5.74) is 1.37. The average Bonchev–Trinajstić information content (AvgIpc) is 3.14. The third-order valence-electron chi connectivity index (χ3n) is 4.75. The molecule has 4 rings (SSSR count). The lowest BCUT2D eigenvalue weighted by Crippen LogP contribution is -2.49. The highest BCUT2D eigenvalue weighted by Gasteiger charge is 2.23. The van der Waals surface area contributed by atoms with E-state index in [1.165, 1.54) is 17.4 Å². The van der Waals surface area contributed by atoms with Crippen molar-refractivity contribution in [3.63, 3.8) is 0 Å². The number of nitrogens with zero attached hydrogens (tertiary/aromatic N) is 3. The Hall–Kier alpha value is -2.67. The molecule has 0 spiro atoms. The average molecular weight is 385 g/mol. The highest BCUT2D eigenvalue weighted by molar-refractivity contribution is 7.22. The van der Waals surface area contributed by atoms with E-state index >= 15 is 0 Å². The maximum Gasteiger partial charge on any atom is 0.227 e. The summed E-state index contributed by atoms with van der Waals surface area (Å²) in [6, 6.07) is 12.6. The van der Waals surface area contributed by atoms with Crippen LogP contribution in [0.1, 0.15) is 5.56 Å². The molecule has 0 atom stereocenters. The van der Waals surface area contributed by atoms with Crippen molar-refractivity contribution in [3.05, 3.63) is 53.8 Å². The van der Waals surface area contributed by atoms with Crippen LogP contribution in [-0.2, 0) is 11.2 Å². The number of fused-ring (bicyclic) bond motifs is 1. The maximum absolute atomic E-state index is 13.9. The standard InChI is InChI=1S/C20H20FN3O2S/c1-26-15-5-2-4-14(12-15)13-18(25)23-8-10-24(11-9-23)20-22-19-16(21)6-3-7-17(19)27-20/h2-7,12H,8-11,13H2,1H3. The smallest absolute Gasteiger partial charge is 0.227 e. The molecule has 0 aliphatic carbocycles. The highest BCUT2D eigenvalue weighted by Crippen LogP contribution is 2.30. The van der Waals surface area contributed by atoms with Gasteiger partial charge in [0.15, 0.2) is 5.13 Å². The fraction of sp³-hybridized carbons (Fsp3) is 0.300. The highest BCUT2D eigenvalue weighted by atomic mass is 32.1. The van der Waals surface area contributed by atoms with Gasteiger partial charge < -0.3 is 14.5 Å². The summed E-state index contributed by atoms with van der Waals surface area (Å²) in [6.07, 6.45) is 0.365. The molecule has 0 saturated carbocycles. The van der Waals surface area contributed by atoms with Crippen LogP contribution < -0.4 is 9.64 Å². The van der Waals surface area contributed by atoms with Crippen molar-refractivity contribution in [1.29, 1.82) is 0 Å². The number of carbonyl (C=O) groups excluding carboxylic acids is 1. The number of aromatic nitrogens is 1. The molecule has 0 radical (unpaired) electrons. The molecule has 1 saturated heterocycles. The van der Waals surface area contributed by atoms with Crippen LogP contribution in [0.25, 0.3) is 10.2 Å². The predicted molar refractivity (Wildman–Crippen MR) is 105 cm³/mol. The van der Waals surface area contributed by atoms with Crippen LogP contribution in [0.15, 0.2) is 42.5 Å². The monoisotopic (exact) mass is 385 g/mol. The second-order valence-corrected chi connectivity index (χ2v) is 7.49. The number of methoxy groups -OCH3 is 1. The Bertz CT molecular complexity index is 967. The van der Waals surface area contributed by atoms with E-state index in [-0.39, 0.29) is 11.7 Å². The van der Waals surface area contributed by atoms with Crippen molar-refractivity contribution >= 4 is 32.6 Å². The number of halogens is 1. The van der Waals surface area contributed by atoms with Gasteiger partial charge in [-0.25, -0.2) is 9.37 Å². The van der Waals surface area contributed by atoms with Crippen LogP contribution in [0.3, 0.4) is 0 Å². The van der Waals surface area contributed by atoms with Gasteiger partial charge in [-0.15, -0.1) is 0 Å². The second-order valence-electron chi connectivity index (χ2n) is 6.48. The van der Waals surface area contributed by atoms with Gasteiger partial charge in [0.1, 0.15) is 17.1 Å². The number of hydrogen-bond donors (Lipinski definition) is 0. The van der Waals surface area contributed by atoms with Crippen LogP contribution in [0.2, 0.25) is 0 Å². The van der Waals surface area contributed by atoms with Gasteiger partial charge in [-0.3, -0.25) is 4.79 Å². The first kappa shape index (κ1) is 17.7. The zero-order chi connectivity index (χ0) is 18.8. The maximum atomic E-state index is 13.9. The number of benzene rings is 2. The zero-order valence-electron chi connectivity index (χ0n) is 15.0. The molecule has 3 aromatic rings. The number of hydrogen-bond acceptors (Lipinski definition) is 5. The van der Waals surface area contributed by atoms with Crippen LogP contribution in [-0.4, -0.2) is 49.1 Å². The number of piperazine rings is 1. The fourth-order valence-electron chi connectivity index (χ4n) is 3.25. The summed E-state index contributed by atoms with van der Waals surface area (Å²) in [4.78, 5) is 21.0. The third-order valence-corrected chi connectivity index (χ3v) is 5.83. The molecule has 1 fully saturated rings. The quantitative estimate of drug-likeness (QED) is 0.691. The van der Waals surface area contributed by atoms with Crippen LogP contribution in [0.4, 0.5) is 9.52 Å². The van der Waals surface area contributed by atoms with Crippen molar-refractivity contribution in [2.45, 2.75) is 6.42 Å². The van der Waals surface area contributed by atoms with E-state index in [9.17, 15) is 9.18 Å². The number of para-hydroxylation sites is 1. The third kappa shape index (κ3) is 3.73. The van der Waals surface area contributed by atoms with Crippen molar-refractivity contribution in [2.24, 2.45) is 0 Å². The SMILES string of the molecule is COc1cccc(CC(=O)N2CCN(c3nc4c(F)cccc4s3)CC2)c1. The molecule has 1 aliphatic heterocycles. The van der Waals surface area contributed by atoms with E-state index in [0.29, 0.717) is 38.1 Å². The van der Waals surface area contributed by atoms with E-state index in [2.05, 4.69) is 9.88 Å². The first-order chi connectivity index (χ1) is 13.1. The molecule has 1 amide bonds. The Morgan fingerprint density at radius 2 is 1.96 bits per heavy atom. The molecule has 0 unspecified atom stereocenters. The van der Waals surface area contributed by atoms with E-state index < -0.39 is 0 Å². The minimum Gasteiger partial charge on any atom is -0.497 e. The number of thiazole rings is 1. The van der Waals surface area contributed by atoms with Crippen LogP contribution in [0, 0.1) is 5.82 Å². The summed E-state index contributed by atoms with van der Waals surface area (Å²) in [5, 5.41) is 0.815. The first-order valence-corrected chi connectivity index (χ1v) is 9.66. The zero-order valence-corrected chi connectivity index (χ0v) is 15.8. The lowest BCUT2D eigenvalue weighted by Gasteiger charge is -2.34. The minimum absolute atomic E-state index is 0.109. The molecule has 0 bridgehead atoms. The number of anilines is 1. The molecular weight excluding hydrogens is 365 g/mol. The molecule has 2 aromatic carbocycles. The van der Waals surface area contributed by atoms with E-state index in [0.717, 1.165) is 21.1 Å². The molecular formula is C20H20FN3O2S. The lowest BCUT2D eigenvalue weighted by atomic mass is 10.1. The number of rotatable bonds is 4. The van der Waals surface area contributed by atoms with E-state index in [4.69, 9.17) is 4.74 Å². The molecule has 140 valence electrons. The molecule has 1 aromatic heterocycles. The van der Waals surface area contributed by atoms with Crippen LogP contribution >= 0.6 is 11.3 Å². The summed E-state index contributed by atoms with van der Waals surface area (Å²) >= 11 is 1.49. The summed E-state index contributed by atoms with van der Waals surface area (Å²) in [5.74, 6) is 0.577. The van der Waals surface area contributed by atoms with Gasteiger partial charge in [-0.1, -0.05) is 29.5 Å². The Labute approximate surface area is 161 Å². The summed E-state index contributed by atoms with van der Waals surface area (Å²) in [6.45, 7) is 2.68. The largest absolute Gasteiger partial charge is 0.497 e. The van der Waals surface area contributed by atoms with Crippen LogP contribution in [0.5, 0.6) is 5.75 Å². The Balaban J connectivity index is 1.39. The predicted octanol–water partition coefficient (Wildman–Crippen LogP) is 3.34. The van der Waals surface area contributed by atoms with Gasteiger partial charge in [-0.05, 0) is 29.8 Å². The molecule has 0 N–H and O–H groups in total. The molecule has 27 heavy (non-hydrogen) atoms. The first-order valence-electron chi connectivity index (χ1n) is 8.85. The van der Waals surface area contributed by atoms with Crippen molar-refractivity contribution in [2.75, 3.05) is 38.2 Å². The Kier molecular flexibility index (Phi) is 4.94. The summed E-state index contributed by atoms with van der Waals surface area (Å²) in [7, 11) is 1.62. The minimum atomic E-state index is -0.290. The normalized spacial score (nSPS) is 14.6. The van der Waals surface area contributed by atoms with Gasteiger partial charge in [0.25, 0.3) is 0 Å². The molecule has 5 nitrogen and oxygen atoms in total. The van der Waals surface area contributed by atoms with E-state index in [1.54, 1.807) is 13.2 Å². The molecule has 1 aliphatic rings. The van der Waals surface area contributed by atoms with Gasteiger partial charge in [0, 0.05) is 26.2 Å². The van der Waals surface area contributed by atoms with Gasteiger partial charge >= 0.3 is 0 Å². The number of ether oxygens (including phenoxy) is 1. The fourth-order valence-corrected chi connectivity index (χ4v) is 4.29. The Morgan fingerprint density at radius 3 is 2.70 bits per heavy atom. The van der Waals surface area contributed by atoms with Crippen molar-refractivity contribution < 1.29 is 13.9 Å². The topological polar surface area (TPSA) is 45.7 Å². The van der Waals surface area contributed by atoms with Gasteiger partial charge in [-0.2, -0.15) is 0 Å². The number of carbonyl (C=O) groups is 1. The van der Waals surface area contributed by atoms with Crippen molar-refractivity contribution in [1.82, 2.24) is 9.88 Å². The summed E-state index contributed by atoms with van der Waals surface area (Å²) < 4.78 is 19.9. The molecule has 2 heterocycles.